The monoisotopic (exact) mass is 424 g/mol. The van der Waals surface area contributed by atoms with Crippen LogP contribution in [0.3, 0.4) is 0 Å². The lowest BCUT2D eigenvalue weighted by Gasteiger charge is -2.10. The summed E-state index contributed by atoms with van der Waals surface area (Å²) in [6, 6.07) is 20.3. The van der Waals surface area contributed by atoms with Crippen molar-refractivity contribution >= 4 is 46.6 Å². The Morgan fingerprint density at radius 3 is 2.48 bits per heavy atom. The summed E-state index contributed by atoms with van der Waals surface area (Å²) in [5.41, 5.74) is 3.80. The molecule has 6 heteroatoms. The number of thioether (sulfide) groups is 1. The van der Waals surface area contributed by atoms with E-state index < -0.39 is 0 Å². The van der Waals surface area contributed by atoms with Gasteiger partial charge in [0.2, 0.25) is 5.91 Å². The van der Waals surface area contributed by atoms with Gasteiger partial charge in [-0.05, 0) is 61.4 Å². The van der Waals surface area contributed by atoms with Gasteiger partial charge in [-0.15, -0.1) is 11.8 Å². The lowest BCUT2D eigenvalue weighted by atomic mass is 10.1. The first kappa shape index (κ1) is 21.0. The largest absolute Gasteiger partial charge is 0.325 e. The summed E-state index contributed by atoms with van der Waals surface area (Å²) in [5, 5.41) is 6.41. The smallest absolute Gasteiger partial charge is 0.255 e. The Hall–Kier alpha value is -2.76. The van der Waals surface area contributed by atoms with Crippen molar-refractivity contribution in [3.63, 3.8) is 0 Å². The number of anilines is 2. The number of carbonyl (C=O) groups excluding carboxylic acids is 2. The lowest BCUT2D eigenvalue weighted by molar-refractivity contribution is -0.113. The molecule has 29 heavy (non-hydrogen) atoms. The number of halogens is 1. The predicted molar refractivity (Wildman–Crippen MR) is 121 cm³/mol. The van der Waals surface area contributed by atoms with E-state index in [0.29, 0.717) is 22.0 Å². The Labute approximate surface area is 179 Å². The second-order valence-corrected chi connectivity index (χ2v) is 8.00. The van der Waals surface area contributed by atoms with Crippen LogP contribution in [-0.2, 0) is 4.79 Å². The molecule has 0 bridgehead atoms. The van der Waals surface area contributed by atoms with Gasteiger partial charge in [0.05, 0.1) is 5.75 Å². The van der Waals surface area contributed by atoms with Crippen LogP contribution in [0.25, 0.3) is 0 Å². The minimum atomic E-state index is -0.153. The minimum absolute atomic E-state index is 0.116. The van der Waals surface area contributed by atoms with Crippen LogP contribution < -0.4 is 10.6 Å². The van der Waals surface area contributed by atoms with E-state index >= 15 is 0 Å². The zero-order valence-corrected chi connectivity index (χ0v) is 17.7. The fraction of sp³-hybridized carbons (Fsp3) is 0.130. The van der Waals surface area contributed by atoms with E-state index in [4.69, 9.17) is 11.6 Å². The minimum Gasteiger partial charge on any atom is -0.325 e. The summed E-state index contributed by atoms with van der Waals surface area (Å²) >= 11 is 7.49. The number of carbonyl (C=O) groups is 2. The molecule has 0 fully saturated rings. The summed E-state index contributed by atoms with van der Waals surface area (Å²) in [4.78, 5) is 25.7. The van der Waals surface area contributed by atoms with Crippen LogP contribution in [0.1, 0.15) is 21.5 Å². The van der Waals surface area contributed by atoms with Gasteiger partial charge in [-0.25, -0.2) is 0 Å². The van der Waals surface area contributed by atoms with Crippen LogP contribution in [0.15, 0.2) is 71.6 Å². The van der Waals surface area contributed by atoms with Crippen LogP contribution >= 0.6 is 23.4 Å². The topological polar surface area (TPSA) is 58.2 Å². The van der Waals surface area contributed by atoms with Crippen molar-refractivity contribution < 1.29 is 9.59 Å². The second-order valence-electron chi connectivity index (χ2n) is 6.55. The van der Waals surface area contributed by atoms with Gasteiger partial charge >= 0.3 is 0 Å². The maximum absolute atomic E-state index is 12.5. The molecule has 0 atom stereocenters. The molecular formula is C23H21ClN2O2S. The van der Waals surface area contributed by atoms with Crippen LogP contribution in [-0.4, -0.2) is 17.6 Å². The van der Waals surface area contributed by atoms with Gasteiger partial charge in [-0.3, -0.25) is 9.59 Å². The first-order valence-electron chi connectivity index (χ1n) is 9.09. The zero-order valence-electron chi connectivity index (χ0n) is 16.2. The molecule has 3 aromatic carbocycles. The number of hydrogen-bond acceptors (Lipinski definition) is 3. The highest BCUT2D eigenvalue weighted by Gasteiger charge is 2.10. The third kappa shape index (κ3) is 5.62. The molecule has 0 radical (unpaired) electrons. The molecule has 3 aromatic rings. The Morgan fingerprint density at radius 2 is 1.69 bits per heavy atom. The molecule has 0 aliphatic carbocycles. The van der Waals surface area contributed by atoms with Crippen LogP contribution in [0.4, 0.5) is 11.4 Å². The van der Waals surface area contributed by atoms with Gasteiger partial charge in [0.1, 0.15) is 0 Å². The lowest BCUT2D eigenvalue weighted by Crippen LogP contribution is -2.15. The van der Waals surface area contributed by atoms with Gasteiger partial charge in [0, 0.05) is 26.9 Å². The average molecular weight is 425 g/mol. The summed E-state index contributed by atoms with van der Waals surface area (Å²) in [6.07, 6.45) is 0. The molecule has 0 heterocycles. The fourth-order valence-electron chi connectivity index (χ4n) is 2.77. The predicted octanol–water partition coefficient (Wildman–Crippen LogP) is 5.94. The third-order valence-corrected chi connectivity index (χ3v) is 5.80. The number of aryl methyl sites for hydroxylation is 1. The molecule has 0 aromatic heterocycles. The van der Waals surface area contributed by atoms with E-state index in [1.54, 1.807) is 18.2 Å². The molecule has 3 rings (SSSR count). The molecule has 2 amide bonds. The van der Waals surface area contributed by atoms with Crippen molar-refractivity contribution in [2.45, 2.75) is 18.7 Å². The van der Waals surface area contributed by atoms with Gasteiger partial charge in [0.15, 0.2) is 0 Å². The zero-order chi connectivity index (χ0) is 20.8. The molecule has 2 N–H and O–H groups in total. The van der Waals surface area contributed by atoms with Crippen molar-refractivity contribution in [2.24, 2.45) is 0 Å². The SMILES string of the molecule is Cc1ccccc1C(=O)Nc1cccc(SCC(=O)Nc2cccc(Cl)c2C)c1. The van der Waals surface area contributed by atoms with E-state index in [1.807, 2.05) is 62.4 Å². The van der Waals surface area contributed by atoms with E-state index in [2.05, 4.69) is 10.6 Å². The second kappa shape index (κ2) is 9.63. The van der Waals surface area contributed by atoms with E-state index in [0.717, 1.165) is 16.0 Å². The molecule has 148 valence electrons. The van der Waals surface area contributed by atoms with Gasteiger partial charge < -0.3 is 10.6 Å². The molecule has 0 aliphatic rings. The standard InChI is InChI=1S/C23H21ClN2O2S/c1-15-7-3-4-10-19(15)23(28)25-17-8-5-9-18(13-17)29-14-22(27)26-21-12-6-11-20(24)16(21)2/h3-13H,14H2,1-2H3,(H,25,28)(H,26,27). The fourth-order valence-corrected chi connectivity index (χ4v) is 3.70. The highest BCUT2D eigenvalue weighted by molar-refractivity contribution is 8.00. The molecule has 0 spiro atoms. The first-order chi connectivity index (χ1) is 13.9. The van der Waals surface area contributed by atoms with Gasteiger partial charge in [-0.2, -0.15) is 0 Å². The quantitative estimate of drug-likeness (QED) is 0.481. The maximum atomic E-state index is 12.5. The van der Waals surface area contributed by atoms with E-state index in [1.165, 1.54) is 11.8 Å². The summed E-state index contributed by atoms with van der Waals surface area (Å²) < 4.78 is 0. The first-order valence-corrected chi connectivity index (χ1v) is 10.4. The van der Waals surface area contributed by atoms with Crippen LogP contribution in [0.5, 0.6) is 0 Å². The number of nitrogens with one attached hydrogen (secondary N) is 2. The number of amides is 2. The molecule has 0 aliphatic heterocycles. The van der Waals surface area contributed by atoms with E-state index in [9.17, 15) is 9.59 Å². The van der Waals surface area contributed by atoms with Crippen molar-refractivity contribution in [1.29, 1.82) is 0 Å². The number of rotatable bonds is 6. The summed E-state index contributed by atoms with van der Waals surface area (Å²) in [7, 11) is 0. The normalized spacial score (nSPS) is 10.4. The number of hydrogen-bond donors (Lipinski definition) is 2. The third-order valence-electron chi connectivity index (χ3n) is 4.39. The van der Waals surface area contributed by atoms with Crippen LogP contribution in [0, 0.1) is 13.8 Å². The van der Waals surface area contributed by atoms with Crippen molar-refractivity contribution in [3.8, 4) is 0 Å². The number of benzene rings is 3. The molecule has 4 nitrogen and oxygen atoms in total. The summed E-state index contributed by atoms with van der Waals surface area (Å²) in [6.45, 7) is 3.77. The van der Waals surface area contributed by atoms with Gasteiger partial charge in [-0.1, -0.05) is 41.9 Å². The average Bonchev–Trinajstić information content (AvgIpc) is 2.70. The van der Waals surface area contributed by atoms with Crippen molar-refractivity contribution in [2.75, 3.05) is 16.4 Å². The Balaban J connectivity index is 1.60. The molecule has 0 unspecified atom stereocenters. The highest BCUT2D eigenvalue weighted by atomic mass is 35.5. The van der Waals surface area contributed by atoms with Gasteiger partial charge in [0.25, 0.3) is 5.91 Å². The summed E-state index contributed by atoms with van der Waals surface area (Å²) in [5.74, 6) is -0.0182. The van der Waals surface area contributed by atoms with Crippen LogP contribution in [0.2, 0.25) is 5.02 Å². The highest BCUT2D eigenvalue weighted by Crippen LogP contribution is 2.25. The maximum Gasteiger partial charge on any atom is 0.255 e. The Kier molecular flexibility index (Phi) is 6.96. The Bertz CT molecular complexity index is 1050. The molecular weight excluding hydrogens is 404 g/mol. The molecule has 0 saturated heterocycles. The Morgan fingerprint density at radius 1 is 0.931 bits per heavy atom. The van der Waals surface area contributed by atoms with Crippen molar-refractivity contribution in [3.05, 3.63) is 88.4 Å². The molecule has 0 saturated carbocycles. The van der Waals surface area contributed by atoms with E-state index in [-0.39, 0.29) is 17.6 Å². The van der Waals surface area contributed by atoms with Crippen molar-refractivity contribution in [1.82, 2.24) is 0 Å².